The number of aromatic nitrogens is 3. The second-order valence-electron chi connectivity index (χ2n) is 9.29. The van der Waals surface area contributed by atoms with Gasteiger partial charge in [-0.1, -0.05) is 0 Å². The maximum Gasteiger partial charge on any atom is 0.259 e. The van der Waals surface area contributed by atoms with Gasteiger partial charge in [-0.15, -0.1) is 0 Å². The zero-order valence-corrected chi connectivity index (χ0v) is 20.4. The van der Waals surface area contributed by atoms with Crippen LogP contribution >= 0.6 is 0 Å². The van der Waals surface area contributed by atoms with E-state index in [1.54, 1.807) is 36.3 Å². The minimum Gasteiger partial charge on any atom is -0.494 e. The molecule has 0 atom stereocenters. The number of hydrogen-bond donors (Lipinski definition) is 3. The van der Waals surface area contributed by atoms with Gasteiger partial charge in [0.2, 0.25) is 0 Å². The molecule has 1 aliphatic carbocycles. The summed E-state index contributed by atoms with van der Waals surface area (Å²) in [5.41, 5.74) is 8.81. The lowest BCUT2D eigenvalue weighted by atomic mass is 10.0. The molecule has 10 heteroatoms. The first-order chi connectivity index (χ1) is 17.0. The molecule has 188 valence electrons. The molecule has 4 N–H and O–H groups in total. The number of ether oxygens (including phenoxy) is 1. The minimum absolute atomic E-state index is 0. The number of rotatable bonds is 7. The highest BCUT2D eigenvalue weighted by Gasteiger charge is 2.29. The van der Waals surface area contributed by atoms with Crippen molar-refractivity contribution < 1.29 is 12.4 Å². The smallest absolute Gasteiger partial charge is 0.259 e. The first-order valence-corrected chi connectivity index (χ1v) is 12.0. The first-order valence-electron chi connectivity index (χ1n) is 12.0. The summed E-state index contributed by atoms with van der Waals surface area (Å²) in [4.78, 5) is 24.4. The molecule has 2 aromatic heterocycles. The van der Waals surface area contributed by atoms with E-state index in [4.69, 9.17) is 15.5 Å². The minimum atomic E-state index is -0.317. The van der Waals surface area contributed by atoms with Gasteiger partial charge in [-0.3, -0.25) is 14.5 Å². The molecular formula is C25H36N8O2. The van der Waals surface area contributed by atoms with Crippen molar-refractivity contribution in [3.8, 4) is 5.75 Å². The number of pyridine rings is 1. The number of amides is 1. The largest absolute Gasteiger partial charge is 0.494 e. The maximum absolute atomic E-state index is 13.4. The Morgan fingerprint density at radius 1 is 1.26 bits per heavy atom. The third-order valence-electron chi connectivity index (χ3n) is 6.65. The standard InChI is InChI=1S/C25H32N8O2.2H2/c1-27-12-15-10-21(22(35-3)11-20(15)26)30-25(34)18-13-28-24(19-14-32(2)31-23(18)19)33-8-6-17(7-9-33)29-16-4-5-16;;/h10-14,16-17,29H,4-9,26H2,1-3H3,(H,30,34);2*1H. The summed E-state index contributed by atoms with van der Waals surface area (Å²) >= 11 is 0. The van der Waals surface area contributed by atoms with Crippen molar-refractivity contribution in [2.75, 3.05) is 43.2 Å². The van der Waals surface area contributed by atoms with E-state index in [-0.39, 0.29) is 8.76 Å². The number of nitrogens with zero attached hydrogens (tertiary/aromatic N) is 5. The lowest BCUT2D eigenvalue weighted by molar-refractivity contribution is 0.102. The number of carbonyl (C=O) groups is 1. The second-order valence-corrected chi connectivity index (χ2v) is 9.29. The van der Waals surface area contributed by atoms with E-state index in [0.29, 0.717) is 39.8 Å². The number of nitrogens with two attached hydrogens (primary N) is 1. The number of nitrogens with one attached hydrogen (secondary N) is 2. The van der Waals surface area contributed by atoms with Gasteiger partial charge in [0.1, 0.15) is 17.1 Å². The summed E-state index contributed by atoms with van der Waals surface area (Å²) in [5.74, 6) is 1.03. The zero-order valence-electron chi connectivity index (χ0n) is 20.4. The molecule has 0 radical (unpaired) electrons. The van der Waals surface area contributed by atoms with Crippen molar-refractivity contribution in [3.05, 3.63) is 35.7 Å². The van der Waals surface area contributed by atoms with Gasteiger partial charge in [0.25, 0.3) is 5.91 Å². The maximum atomic E-state index is 13.4. The van der Waals surface area contributed by atoms with E-state index >= 15 is 0 Å². The fourth-order valence-electron chi connectivity index (χ4n) is 4.69. The highest BCUT2D eigenvalue weighted by molar-refractivity contribution is 6.13. The number of aliphatic imine (C=N–C) groups is 1. The van der Waals surface area contributed by atoms with Gasteiger partial charge in [0.15, 0.2) is 0 Å². The topological polar surface area (TPSA) is 123 Å². The van der Waals surface area contributed by atoms with Crippen molar-refractivity contribution in [2.45, 2.75) is 37.8 Å². The van der Waals surface area contributed by atoms with E-state index in [2.05, 4.69) is 25.6 Å². The predicted molar refractivity (Wildman–Crippen MR) is 143 cm³/mol. The SMILES string of the molecule is CN=Cc1cc(NC(=O)c2cnc(N3CCC(NC4CC4)CC3)c3cn(C)nc23)c(OC)cc1N.[HH].[HH]. The Morgan fingerprint density at radius 3 is 2.69 bits per heavy atom. The molecule has 1 saturated heterocycles. The summed E-state index contributed by atoms with van der Waals surface area (Å²) in [7, 11) is 5.06. The monoisotopic (exact) mass is 480 g/mol. The predicted octanol–water partition coefficient (Wildman–Crippen LogP) is 3.07. The molecule has 10 nitrogen and oxygen atoms in total. The van der Waals surface area contributed by atoms with E-state index in [0.717, 1.165) is 43.2 Å². The fourth-order valence-corrected chi connectivity index (χ4v) is 4.69. The van der Waals surface area contributed by atoms with Gasteiger partial charge < -0.3 is 26.0 Å². The summed E-state index contributed by atoms with van der Waals surface area (Å²) in [6.45, 7) is 1.86. The van der Waals surface area contributed by atoms with Crippen molar-refractivity contribution in [1.29, 1.82) is 0 Å². The Bertz CT molecular complexity index is 1280. The van der Waals surface area contributed by atoms with Crippen LogP contribution in [0.2, 0.25) is 0 Å². The Morgan fingerprint density at radius 2 is 2.00 bits per heavy atom. The lowest BCUT2D eigenvalue weighted by Gasteiger charge is -2.33. The molecule has 1 saturated carbocycles. The average Bonchev–Trinajstić information content (AvgIpc) is 3.58. The molecule has 2 fully saturated rings. The first kappa shape index (κ1) is 23.1. The zero-order chi connectivity index (χ0) is 24.5. The van der Waals surface area contributed by atoms with Crippen LogP contribution in [0.4, 0.5) is 17.2 Å². The quantitative estimate of drug-likeness (QED) is 0.351. The number of piperidine rings is 1. The van der Waals surface area contributed by atoms with Gasteiger partial charge in [-0.25, -0.2) is 4.98 Å². The third-order valence-corrected chi connectivity index (χ3v) is 6.65. The van der Waals surface area contributed by atoms with Crippen molar-refractivity contribution in [1.82, 2.24) is 20.1 Å². The van der Waals surface area contributed by atoms with Crippen LogP contribution < -0.4 is 26.0 Å². The van der Waals surface area contributed by atoms with Crippen LogP contribution in [0.15, 0.2) is 29.5 Å². The number of benzene rings is 1. The summed E-state index contributed by atoms with van der Waals surface area (Å²) in [6.07, 6.45) is 9.97. The van der Waals surface area contributed by atoms with Crippen LogP contribution in [0.5, 0.6) is 5.75 Å². The van der Waals surface area contributed by atoms with Crippen molar-refractivity contribution >= 4 is 40.2 Å². The van der Waals surface area contributed by atoms with Gasteiger partial charge in [-0.05, 0) is 31.7 Å². The van der Waals surface area contributed by atoms with E-state index in [1.165, 1.54) is 20.0 Å². The molecule has 3 heterocycles. The van der Waals surface area contributed by atoms with E-state index < -0.39 is 0 Å². The van der Waals surface area contributed by atoms with Crippen LogP contribution in [0.1, 0.15) is 44.5 Å². The molecule has 3 aromatic rings. The molecule has 1 amide bonds. The van der Waals surface area contributed by atoms with E-state index in [1.807, 2.05) is 13.2 Å². The summed E-state index contributed by atoms with van der Waals surface area (Å²) in [6, 6.07) is 4.71. The summed E-state index contributed by atoms with van der Waals surface area (Å²) < 4.78 is 7.17. The normalized spacial score (nSPS) is 16.8. The second kappa shape index (κ2) is 9.53. The molecule has 5 rings (SSSR count). The summed E-state index contributed by atoms with van der Waals surface area (Å²) in [5, 5.41) is 12.2. The molecule has 1 aliphatic heterocycles. The van der Waals surface area contributed by atoms with E-state index in [9.17, 15) is 4.79 Å². The lowest BCUT2D eigenvalue weighted by Crippen LogP contribution is -2.43. The molecule has 35 heavy (non-hydrogen) atoms. The van der Waals surface area contributed by atoms with Gasteiger partial charge >= 0.3 is 0 Å². The van der Waals surface area contributed by atoms with Crippen LogP contribution in [0.25, 0.3) is 10.9 Å². The Labute approximate surface area is 207 Å². The number of aryl methyl sites for hydroxylation is 1. The Balaban J connectivity index is 0.00000190. The fraction of sp³-hybridized carbons (Fsp3) is 0.440. The molecule has 2 aliphatic rings. The average molecular weight is 481 g/mol. The van der Waals surface area contributed by atoms with Gasteiger partial charge in [-0.2, -0.15) is 5.10 Å². The molecule has 0 bridgehead atoms. The number of anilines is 3. The van der Waals surface area contributed by atoms with Crippen LogP contribution in [0.3, 0.4) is 0 Å². The number of nitrogen functional groups attached to an aromatic ring is 1. The van der Waals surface area contributed by atoms with Crippen molar-refractivity contribution in [3.63, 3.8) is 0 Å². The molecule has 1 aromatic carbocycles. The molecule has 0 unspecified atom stereocenters. The number of carbonyl (C=O) groups excluding carboxylic acids is 1. The Kier molecular flexibility index (Phi) is 6.29. The van der Waals surface area contributed by atoms with Crippen LogP contribution in [-0.2, 0) is 7.05 Å². The molecule has 0 spiro atoms. The number of methoxy groups -OCH3 is 1. The third kappa shape index (κ3) is 4.79. The highest BCUT2D eigenvalue weighted by atomic mass is 16.5. The van der Waals surface area contributed by atoms with Crippen LogP contribution in [0, 0.1) is 0 Å². The number of hydrogen-bond acceptors (Lipinski definition) is 8. The molecular weight excluding hydrogens is 444 g/mol. The van der Waals surface area contributed by atoms with Crippen LogP contribution in [-0.4, -0.2) is 66.2 Å². The Hall–Kier alpha value is -3.66. The van der Waals surface area contributed by atoms with Gasteiger partial charge in [0.05, 0.1) is 23.7 Å². The highest BCUT2D eigenvalue weighted by Crippen LogP contribution is 2.32. The van der Waals surface area contributed by atoms with Gasteiger partial charge in [0, 0.05) is 78.0 Å². The number of fused-ring (bicyclic) bond motifs is 1. The van der Waals surface area contributed by atoms with Crippen molar-refractivity contribution in [2.24, 2.45) is 12.0 Å².